The maximum absolute atomic E-state index is 13.0. The molecule has 2 aromatic carbocycles. The Morgan fingerprint density at radius 1 is 1.12 bits per heavy atom. The van der Waals surface area contributed by atoms with Gasteiger partial charge < -0.3 is 10.6 Å². The van der Waals surface area contributed by atoms with Crippen LogP contribution in [0.2, 0.25) is 5.02 Å². The number of carbonyl (C=O) groups excluding carboxylic acids is 1. The van der Waals surface area contributed by atoms with E-state index in [2.05, 4.69) is 10.6 Å². The fourth-order valence-corrected chi connectivity index (χ4v) is 2.27. The Kier molecular flexibility index (Phi) is 5.72. The summed E-state index contributed by atoms with van der Waals surface area (Å²) in [7, 11) is 0. The molecular weight excluding hydrogens is 341 g/mol. The Morgan fingerprint density at radius 2 is 1.79 bits per heavy atom. The number of benzene rings is 2. The molecule has 24 heavy (non-hydrogen) atoms. The number of halogens is 4. The van der Waals surface area contributed by atoms with Gasteiger partial charge in [-0.2, -0.15) is 13.2 Å². The van der Waals surface area contributed by atoms with Crippen LogP contribution < -0.4 is 10.6 Å². The van der Waals surface area contributed by atoms with Crippen molar-refractivity contribution in [3.8, 4) is 0 Å². The first-order valence-corrected chi connectivity index (χ1v) is 7.60. The Bertz CT molecular complexity index is 715. The van der Waals surface area contributed by atoms with Gasteiger partial charge in [0.1, 0.15) is 0 Å². The van der Waals surface area contributed by atoms with Gasteiger partial charge in [-0.05, 0) is 37.1 Å². The van der Waals surface area contributed by atoms with Crippen molar-refractivity contribution in [3.63, 3.8) is 0 Å². The molecule has 0 spiro atoms. The van der Waals surface area contributed by atoms with Gasteiger partial charge in [0.05, 0.1) is 11.3 Å². The molecule has 0 radical (unpaired) electrons. The minimum Gasteiger partial charge on any atom is -0.338 e. The van der Waals surface area contributed by atoms with Gasteiger partial charge in [-0.1, -0.05) is 41.4 Å². The first-order chi connectivity index (χ1) is 11.3. The highest BCUT2D eigenvalue weighted by molar-refractivity contribution is 6.30. The molecular formula is C17H16ClF3N2O. The number of alkyl halides is 3. The molecule has 128 valence electrons. The van der Waals surface area contributed by atoms with Crippen molar-refractivity contribution in [2.45, 2.75) is 19.5 Å². The average molecular weight is 357 g/mol. The second-order valence-electron chi connectivity index (χ2n) is 5.30. The summed E-state index contributed by atoms with van der Waals surface area (Å²) in [5.41, 5.74) is 0.846. The van der Waals surface area contributed by atoms with Crippen molar-refractivity contribution < 1.29 is 18.0 Å². The van der Waals surface area contributed by atoms with Crippen LogP contribution in [0.5, 0.6) is 0 Å². The van der Waals surface area contributed by atoms with Crippen LogP contribution in [0.25, 0.3) is 0 Å². The molecule has 2 amide bonds. The summed E-state index contributed by atoms with van der Waals surface area (Å²) in [5.74, 6) is 0. The van der Waals surface area contributed by atoms with Crippen molar-refractivity contribution in [2.75, 3.05) is 11.9 Å². The average Bonchev–Trinajstić information content (AvgIpc) is 2.50. The number of anilines is 1. The van der Waals surface area contributed by atoms with E-state index in [1.807, 2.05) is 31.2 Å². The number of rotatable bonds is 4. The summed E-state index contributed by atoms with van der Waals surface area (Å²) in [6.07, 6.45) is -4.02. The maximum Gasteiger partial charge on any atom is 0.418 e. The second-order valence-corrected chi connectivity index (χ2v) is 5.74. The van der Waals surface area contributed by atoms with Crippen LogP contribution in [0, 0.1) is 6.92 Å². The normalized spacial score (nSPS) is 11.2. The molecule has 0 atom stereocenters. The highest BCUT2D eigenvalue weighted by Crippen LogP contribution is 2.36. The molecule has 0 saturated carbocycles. The van der Waals surface area contributed by atoms with Gasteiger partial charge in [0, 0.05) is 11.6 Å². The van der Waals surface area contributed by atoms with E-state index in [1.165, 1.54) is 6.07 Å². The molecule has 0 bridgehead atoms. The van der Waals surface area contributed by atoms with E-state index in [1.54, 1.807) is 0 Å². The summed E-state index contributed by atoms with van der Waals surface area (Å²) in [5, 5.41) is 4.70. The van der Waals surface area contributed by atoms with E-state index in [9.17, 15) is 18.0 Å². The first kappa shape index (κ1) is 18.1. The molecule has 0 aliphatic heterocycles. The molecule has 0 aliphatic carbocycles. The number of urea groups is 1. The van der Waals surface area contributed by atoms with E-state index in [0.717, 1.165) is 23.3 Å². The smallest absolute Gasteiger partial charge is 0.338 e. The fraction of sp³-hybridized carbons (Fsp3) is 0.235. The zero-order valence-electron chi connectivity index (χ0n) is 12.9. The molecule has 2 N–H and O–H groups in total. The Hall–Kier alpha value is -2.21. The minimum absolute atomic E-state index is 0.0485. The lowest BCUT2D eigenvalue weighted by atomic mass is 10.1. The van der Waals surface area contributed by atoms with Crippen molar-refractivity contribution in [2.24, 2.45) is 0 Å². The number of hydrogen-bond acceptors (Lipinski definition) is 1. The lowest BCUT2D eigenvalue weighted by Gasteiger charge is -2.14. The molecule has 2 aromatic rings. The second kappa shape index (κ2) is 7.57. The number of nitrogens with one attached hydrogen (secondary N) is 2. The van der Waals surface area contributed by atoms with E-state index >= 15 is 0 Å². The predicted molar refractivity (Wildman–Crippen MR) is 88.4 cm³/mol. The fourth-order valence-electron chi connectivity index (χ4n) is 2.10. The van der Waals surface area contributed by atoms with E-state index in [4.69, 9.17) is 11.6 Å². The van der Waals surface area contributed by atoms with Gasteiger partial charge in [0.2, 0.25) is 0 Å². The van der Waals surface area contributed by atoms with E-state index < -0.39 is 17.8 Å². The molecule has 0 saturated heterocycles. The first-order valence-electron chi connectivity index (χ1n) is 7.23. The maximum atomic E-state index is 13.0. The number of hydrogen-bond donors (Lipinski definition) is 2. The summed E-state index contributed by atoms with van der Waals surface area (Å²) in [4.78, 5) is 11.8. The molecule has 0 fully saturated rings. The molecule has 7 heteroatoms. The van der Waals surface area contributed by atoms with Gasteiger partial charge in [-0.15, -0.1) is 0 Å². The van der Waals surface area contributed by atoms with Crippen LogP contribution in [0.4, 0.5) is 23.7 Å². The number of carbonyl (C=O) groups is 1. The third-order valence-electron chi connectivity index (χ3n) is 3.36. The highest BCUT2D eigenvalue weighted by Gasteiger charge is 2.34. The zero-order chi connectivity index (χ0) is 17.7. The topological polar surface area (TPSA) is 41.1 Å². The predicted octanol–water partition coefficient (Wildman–Crippen LogP) is 5.03. The summed E-state index contributed by atoms with van der Waals surface area (Å²) >= 11 is 5.59. The summed E-state index contributed by atoms with van der Waals surface area (Å²) in [6, 6.07) is 10.3. The summed E-state index contributed by atoms with van der Waals surface area (Å²) in [6.45, 7) is 2.28. The Balaban J connectivity index is 1.94. The Labute approximate surface area is 142 Å². The monoisotopic (exact) mass is 356 g/mol. The summed E-state index contributed by atoms with van der Waals surface area (Å²) < 4.78 is 38.9. The largest absolute Gasteiger partial charge is 0.418 e. The third kappa shape index (κ3) is 5.16. The molecule has 3 nitrogen and oxygen atoms in total. The van der Waals surface area contributed by atoms with E-state index in [0.29, 0.717) is 13.0 Å². The lowest BCUT2D eigenvalue weighted by Crippen LogP contribution is -2.31. The lowest BCUT2D eigenvalue weighted by molar-refractivity contribution is -0.136. The van der Waals surface area contributed by atoms with Gasteiger partial charge in [0.15, 0.2) is 0 Å². The van der Waals surface area contributed by atoms with Gasteiger partial charge in [-0.25, -0.2) is 4.79 Å². The van der Waals surface area contributed by atoms with Crippen molar-refractivity contribution in [1.82, 2.24) is 5.32 Å². The molecule has 0 aromatic heterocycles. The standard InChI is InChI=1S/C17H16ClF3N2O/c1-11-2-4-12(5-3-11)8-9-22-16(24)23-15-7-6-13(18)10-14(15)17(19,20)21/h2-7,10H,8-9H2,1H3,(H2,22,23,24). The van der Waals surface area contributed by atoms with Crippen LogP contribution in [-0.2, 0) is 12.6 Å². The molecule has 0 aliphatic rings. The van der Waals surface area contributed by atoms with Crippen LogP contribution in [0.15, 0.2) is 42.5 Å². The van der Waals surface area contributed by atoms with Crippen LogP contribution in [0.3, 0.4) is 0 Å². The number of amides is 2. The van der Waals surface area contributed by atoms with E-state index in [-0.39, 0.29) is 10.7 Å². The van der Waals surface area contributed by atoms with Crippen LogP contribution in [-0.4, -0.2) is 12.6 Å². The van der Waals surface area contributed by atoms with Crippen LogP contribution in [0.1, 0.15) is 16.7 Å². The SMILES string of the molecule is Cc1ccc(CCNC(=O)Nc2ccc(Cl)cc2C(F)(F)F)cc1. The number of aryl methyl sites for hydroxylation is 1. The zero-order valence-corrected chi connectivity index (χ0v) is 13.6. The molecule has 0 heterocycles. The van der Waals surface area contributed by atoms with Crippen molar-refractivity contribution in [3.05, 3.63) is 64.2 Å². The van der Waals surface area contributed by atoms with Crippen LogP contribution >= 0.6 is 11.6 Å². The third-order valence-corrected chi connectivity index (χ3v) is 3.59. The quantitative estimate of drug-likeness (QED) is 0.792. The Morgan fingerprint density at radius 3 is 2.42 bits per heavy atom. The van der Waals surface area contributed by atoms with Crippen molar-refractivity contribution in [1.29, 1.82) is 0 Å². The van der Waals surface area contributed by atoms with Gasteiger partial charge >= 0.3 is 12.2 Å². The van der Waals surface area contributed by atoms with Crippen molar-refractivity contribution >= 4 is 23.3 Å². The van der Waals surface area contributed by atoms with Gasteiger partial charge in [-0.3, -0.25) is 0 Å². The molecule has 0 unspecified atom stereocenters. The van der Waals surface area contributed by atoms with Gasteiger partial charge in [0.25, 0.3) is 0 Å². The highest BCUT2D eigenvalue weighted by atomic mass is 35.5. The minimum atomic E-state index is -4.60. The molecule has 2 rings (SSSR count).